The molecule has 0 bridgehead atoms. The number of aromatic nitrogens is 5. The molecule has 3 aromatic rings. The topological polar surface area (TPSA) is 136 Å². The number of carbonyl (C=O) groups is 2. The van der Waals surface area contributed by atoms with Crippen LogP contribution >= 0.6 is 0 Å². The highest BCUT2D eigenvalue weighted by atomic mass is 16.6. The van der Waals surface area contributed by atoms with Gasteiger partial charge in [0.2, 0.25) is 0 Å². The van der Waals surface area contributed by atoms with Gasteiger partial charge in [-0.25, -0.2) is 19.6 Å². The van der Waals surface area contributed by atoms with Gasteiger partial charge in [-0.1, -0.05) is 19.8 Å². The average molecular weight is 469 g/mol. The monoisotopic (exact) mass is 468 g/mol. The Labute approximate surface area is 198 Å². The molecule has 11 heteroatoms. The quantitative estimate of drug-likeness (QED) is 0.407. The van der Waals surface area contributed by atoms with Crippen molar-refractivity contribution >= 4 is 29.1 Å². The van der Waals surface area contributed by atoms with Crippen molar-refractivity contribution in [1.29, 1.82) is 0 Å². The smallest absolute Gasteiger partial charge is 0.407 e. The maximum atomic E-state index is 12.1. The summed E-state index contributed by atoms with van der Waals surface area (Å²) in [6.45, 7) is 9.02. The van der Waals surface area contributed by atoms with Gasteiger partial charge in [0.1, 0.15) is 16.9 Å². The lowest BCUT2D eigenvalue weighted by Crippen LogP contribution is -2.34. The van der Waals surface area contributed by atoms with Crippen molar-refractivity contribution in [3.05, 3.63) is 30.7 Å². The van der Waals surface area contributed by atoms with E-state index in [4.69, 9.17) is 4.74 Å². The molecular formula is C23H32N8O3. The molecule has 0 atom stereocenters. The van der Waals surface area contributed by atoms with E-state index in [-0.39, 0.29) is 6.03 Å². The minimum absolute atomic E-state index is 0.298. The lowest BCUT2D eigenvalue weighted by molar-refractivity contribution is 0.0525. The third kappa shape index (κ3) is 7.68. The molecule has 11 nitrogen and oxygen atoms in total. The molecule has 0 saturated carbocycles. The number of fused-ring (bicyclic) bond motifs is 1. The molecule has 0 aromatic carbocycles. The molecule has 3 aromatic heterocycles. The Bertz CT molecular complexity index is 1120. The molecule has 0 saturated heterocycles. The summed E-state index contributed by atoms with van der Waals surface area (Å²) in [5, 5.41) is 12.6. The summed E-state index contributed by atoms with van der Waals surface area (Å²) >= 11 is 0. The number of rotatable bonds is 9. The minimum Gasteiger partial charge on any atom is -0.444 e. The molecule has 0 fully saturated rings. The first-order valence-corrected chi connectivity index (χ1v) is 11.4. The van der Waals surface area contributed by atoms with Crippen molar-refractivity contribution in [3.63, 3.8) is 0 Å². The van der Waals surface area contributed by atoms with Crippen LogP contribution in [0.1, 0.15) is 47.0 Å². The van der Waals surface area contributed by atoms with Crippen molar-refractivity contribution in [2.75, 3.05) is 18.4 Å². The van der Waals surface area contributed by atoms with E-state index in [0.717, 1.165) is 24.8 Å². The van der Waals surface area contributed by atoms with E-state index in [9.17, 15) is 9.59 Å². The highest BCUT2D eigenvalue weighted by Crippen LogP contribution is 2.19. The summed E-state index contributed by atoms with van der Waals surface area (Å²) in [5.41, 5.74) is 1.86. The molecule has 0 radical (unpaired) electrons. The number of nitrogens with zero attached hydrogens (tertiary/aromatic N) is 5. The van der Waals surface area contributed by atoms with Crippen molar-refractivity contribution in [2.24, 2.45) is 0 Å². The van der Waals surface area contributed by atoms with E-state index in [1.807, 2.05) is 27.0 Å². The number of urea groups is 1. The van der Waals surface area contributed by atoms with Gasteiger partial charge < -0.3 is 15.4 Å². The summed E-state index contributed by atoms with van der Waals surface area (Å²) in [4.78, 5) is 37.2. The third-order valence-corrected chi connectivity index (χ3v) is 4.65. The number of hydrogen-bond acceptors (Lipinski definition) is 7. The first-order valence-electron chi connectivity index (χ1n) is 11.4. The van der Waals surface area contributed by atoms with Gasteiger partial charge in [-0.3, -0.25) is 15.0 Å². The van der Waals surface area contributed by atoms with E-state index in [0.29, 0.717) is 42.3 Å². The molecule has 3 amide bonds. The van der Waals surface area contributed by atoms with Crippen LogP contribution in [-0.2, 0) is 11.3 Å². The zero-order valence-corrected chi connectivity index (χ0v) is 20.1. The number of alkyl carbamates (subject to hydrolysis) is 1. The number of amides is 3. The van der Waals surface area contributed by atoms with Crippen LogP contribution in [-0.4, -0.2) is 55.5 Å². The molecule has 0 spiro atoms. The predicted molar refractivity (Wildman–Crippen MR) is 129 cm³/mol. The molecule has 3 N–H and O–H groups in total. The number of nitrogens with one attached hydrogen (secondary N) is 3. The van der Waals surface area contributed by atoms with Crippen molar-refractivity contribution in [1.82, 2.24) is 35.4 Å². The molecule has 182 valence electrons. The SMILES string of the molecule is CCCCCNC(=O)Nc1ccc2ncc(-c3cnn(CCNC(=O)OC(C)(C)C)c3)nc2n1. The second-order valence-corrected chi connectivity index (χ2v) is 8.80. The van der Waals surface area contributed by atoms with Gasteiger partial charge in [0.05, 0.1) is 24.6 Å². The van der Waals surface area contributed by atoms with Crippen molar-refractivity contribution in [2.45, 2.75) is 59.1 Å². The fourth-order valence-electron chi connectivity index (χ4n) is 3.05. The summed E-state index contributed by atoms with van der Waals surface area (Å²) in [6, 6.07) is 3.16. The van der Waals surface area contributed by atoms with Gasteiger partial charge in [0.15, 0.2) is 5.65 Å². The van der Waals surface area contributed by atoms with Gasteiger partial charge in [0.25, 0.3) is 0 Å². The Morgan fingerprint density at radius 3 is 2.65 bits per heavy atom. The van der Waals surface area contributed by atoms with Crippen LogP contribution in [0.25, 0.3) is 22.4 Å². The van der Waals surface area contributed by atoms with Crippen LogP contribution in [0.4, 0.5) is 15.4 Å². The van der Waals surface area contributed by atoms with Gasteiger partial charge in [-0.2, -0.15) is 5.10 Å². The number of unbranched alkanes of at least 4 members (excludes halogenated alkanes) is 2. The van der Waals surface area contributed by atoms with E-state index in [2.05, 4.69) is 42.9 Å². The van der Waals surface area contributed by atoms with Gasteiger partial charge >= 0.3 is 12.1 Å². The molecule has 0 aliphatic heterocycles. The van der Waals surface area contributed by atoms with Gasteiger partial charge in [-0.15, -0.1) is 0 Å². The Hall–Kier alpha value is -3.76. The molecule has 3 rings (SSSR count). The number of anilines is 1. The lowest BCUT2D eigenvalue weighted by Gasteiger charge is -2.19. The molecule has 0 aliphatic rings. The maximum Gasteiger partial charge on any atom is 0.407 e. The normalized spacial score (nSPS) is 11.3. The minimum atomic E-state index is -0.542. The Morgan fingerprint density at radius 2 is 1.88 bits per heavy atom. The van der Waals surface area contributed by atoms with E-state index in [1.54, 1.807) is 29.2 Å². The lowest BCUT2D eigenvalue weighted by atomic mass is 10.2. The molecule has 0 aliphatic carbocycles. The Morgan fingerprint density at radius 1 is 1.06 bits per heavy atom. The molecule has 34 heavy (non-hydrogen) atoms. The van der Waals surface area contributed by atoms with E-state index < -0.39 is 11.7 Å². The number of pyridine rings is 1. The van der Waals surface area contributed by atoms with Crippen LogP contribution in [0.2, 0.25) is 0 Å². The van der Waals surface area contributed by atoms with Crippen LogP contribution in [0.15, 0.2) is 30.7 Å². The van der Waals surface area contributed by atoms with Gasteiger partial charge in [0, 0.05) is 24.8 Å². The summed E-state index contributed by atoms with van der Waals surface area (Å²) in [5.74, 6) is 0.399. The standard InChI is InChI=1S/C23H32N8O3/c1-5-6-7-10-24-21(32)30-19-9-8-17-20(29-19)28-18(14-26-17)16-13-27-31(15-16)12-11-25-22(33)34-23(2,3)4/h8-9,13-15H,5-7,10-12H2,1-4H3,(H,25,33)(H2,24,28,29,30,32). The highest BCUT2D eigenvalue weighted by molar-refractivity contribution is 5.89. The fourth-order valence-corrected chi connectivity index (χ4v) is 3.05. The molecule has 3 heterocycles. The highest BCUT2D eigenvalue weighted by Gasteiger charge is 2.15. The maximum absolute atomic E-state index is 12.1. The predicted octanol–water partition coefficient (Wildman–Crippen LogP) is 3.72. The summed E-state index contributed by atoms with van der Waals surface area (Å²) in [7, 11) is 0. The van der Waals surface area contributed by atoms with E-state index >= 15 is 0 Å². The Balaban J connectivity index is 1.60. The third-order valence-electron chi connectivity index (χ3n) is 4.65. The van der Waals surface area contributed by atoms with E-state index in [1.165, 1.54) is 0 Å². The summed E-state index contributed by atoms with van der Waals surface area (Å²) < 4.78 is 6.92. The molecular weight excluding hydrogens is 436 g/mol. The molecule has 0 unspecified atom stereocenters. The average Bonchev–Trinajstić information content (AvgIpc) is 3.24. The number of ether oxygens (including phenoxy) is 1. The Kier molecular flexibility index (Phi) is 8.34. The van der Waals surface area contributed by atoms with Gasteiger partial charge in [-0.05, 0) is 39.3 Å². The second kappa shape index (κ2) is 11.4. The van der Waals surface area contributed by atoms with Crippen LogP contribution in [0.3, 0.4) is 0 Å². The fraction of sp³-hybridized carbons (Fsp3) is 0.478. The zero-order chi connectivity index (χ0) is 24.6. The van der Waals surface area contributed by atoms with Crippen LogP contribution in [0, 0.1) is 0 Å². The number of hydrogen-bond donors (Lipinski definition) is 3. The largest absolute Gasteiger partial charge is 0.444 e. The summed E-state index contributed by atoms with van der Waals surface area (Å²) in [6.07, 6.45) is 7.79. The van der Waals surface area contributed by atoms with Crippen LogP contribution in [0.5, 0.6) is 0 Å². The first kappa shape index (κ1) is 24.9. The van der Waals surface area contributed by atoms with Crippen molar-refractivity contribution in [3.8, 4) is 11.3 Å². The first-order chi connectivity index (χ1) is 16.2. The van der Waals surface area contributed by atoms with Crippen LogP contribution < -0.4 is 16.0 Å². The zero-order valence-electron chi connectivity index (χ0n) is 20.1. The number of carbonyl (C=O) groups excluding carboxylic acids is 2. The second-order valence-electron chi connectivity index (χ2n) is 8.80. The van der Waals surface area contributed by atoms with Crippen molar-refractivity contribution < 1.29 is 14.3 Å².